The molecule has 9 heteroatoms. The van der Waals surface area contributed by atoms with Crippen molar-refractivity contribution >= 4 is 21.8 Å². The van der Waals surface area contributed by atoms with Crippen molar-refractivity contribution in [3.05, 3.63) is 54.6 Å². The Morgan fingerprint density at radius 3 is 2.55 bits per heavy atom. The molecule has 3 heterocycles. The molecule has 5 rings (SSSR count). The monoisotopic (exact) mass is 484 g/mol. The van der Waals surface area contributed by atoms with E-state index in [0.29, 0.717) is 23.8 Å². The molecule has 2 aliphatic heterocycles. The van der Waals surface area contributed by atoms with Crippen molar-refractivity contribution in [1.82, 2.24) is 19.1 Å². The molecule has 3 aromatic rings. The summed E-state index contributed by atoms with van der Waals surface area (Å²) in [6.45, 7) is 1.98. The fourth-order valence-corrected chi connectivity index (χ4v) is 6.92. The molecule has 0 amide bonds. The average Bonchev–Trinajstić information content (AvgIpc) is 3.55. The van der Waals surface area contributed by atoms with E-state index in [0.717, 1.165) is 54.5 Å². The van der Waals surface area contributed by atoms with Crippen LogP contribution in [0.1, 0.15) is 32.1 Å². The molecule has 7 nitrogen and oxygen atoms in total. The zero-order valence-electron chi connectivity index (χ0n) is 18.5. The van der Waals surface area contributed by atoms with Gasteiger partial charge in [-0.1, -0.05) is 42.1 Å². The van der Waals surface area contributed by atoms with Crippen LogP contribution in [-0.2, 0) is 14.8 Å². The van der Waals surface area contributed by atoms with E-state index in [1.54, 1.807) is 34.3 Å². The molecule has 0 saturated carbocycles. The molecule has 1 atom stereocenters. The molecule has 2 aliphatic rings. The summed E-state index contributed by atoms with van der Waals surface area (Å²) in [5.74, 6) is 1.45. The van der Waals surface area contributed by atoms with Gasteiger partial charge in [0.2, 0.25) is 10.0 Å². The van der Waals surface area contributed by atoms with Crippen LogP contribution >= 0.6 is 11.8 Å². The van der Waals surface area contributed by atoms with Gasteiger partial charge in [-0.2, -0.15) is 4.31 Å². The van der Waals surface area contributed by atoms with Gasteiger partial charge in [0.1, 0.15) is 0 Å². The van der Waals surface area contributed by atoms with Crippen molar-refractivity contribution in [3.8, 4) is 17.1 Å². The lowest BCUT2D eigenvalue weighted by Gasteiger charge is -2.22. The van der Waals surface area contributed by atoms with Crippen LogP contribution in [0.25, 0.3) is 17.1 Å². The zero-order valence-corrected chi connectivity index (χ0v) is 20.1. The third-order valence-corrected chi connectivity index (χ3v) is 9.07. The second-order valence-corrected chi connectivity index (χ2v) is 11.3. The fraction of sp³-hybridized carbons (Fsp3) is 0.417. The lowest BCUT2D eigenvalue weighted by molar-refractivity contribution is 0.0315. The molecular formula is C24H28N4O3S2. The van der Waals surface area contributed by atoms with E-state index in [1.165, 1.54) is 6.42 Å². The van der Waals surface area contributed by atoms with E-state index < -0.39 is 10.0 Å². The highest BCUT2D eigenvalue weighted by atomic mass is 32.2. The molecule has 0 radical (unpaired) electrons. The summed E-state index contributed by atoms with van der Waals surface area (Å²) in [4.78, 5) is 0.300. The summed E-state index contributed by atoms with van der Waals surface area (Å²) in [6.07, 6.45) is 5.43. The molecule has 0 bridgehead atoms. The van der Waals surface area contributed by atoms with Crippen LogP contribution in [0.2, 0.25) is 0 Å². The molecule has 2 fully saturated rings. The van der Waals surface area contributed by atoms with Crippen LogP contribution in [-0.4, -0.2) is 59.0 Å². The molecule has 2 saturated heterocycles. The molecule has 1 aromatic heterocycles. The molecule has 0 N–H and O–H groups in total. The van der Waals surface area contributed by atoms with Gasteiger partial charge in [-0.05, 0) is 56.4 Å². The summed E-state index contributed by atoms with van der Waals surface area (Å²) >= 11 is 1.63. The van der Waals surface area contributed by atoms with Crippen LogP contribution in [0.15, 0.2) is 64.6 Å². The Morgan fingerprint density at radius 1 is 0.970 bits per heavy atom. The largest absolute Gasteiger partial charge is 0.377 e. The molecule has 0 aliphatic carbocycles. The molecule has 2 aromatic carbocycles. The number of para-hydroxylation sites is 1. The van der Waals surface area contributed by atoms with Gasteiger partial charge in [0.25, 0.3) is 0 Å². The number of nitrogens with zero attached hydrogens (tertiary/aromatic N) is 4. The van der Waals surface area contributed by atoms with Crippen LogP contribution in [0.4, 0.5) is 0 Å². The van der Waals surface area contributed by atoms with Crippen molar-refractivity contribution in [2.75, 3.05) is 25.4 Å². The molecule has 1 unspecified atom stereocenters. The average molecular weight is 485 g/mol. The number of benzene rings is 2. The van der Waals surface area contributed by atoms with Gasteiger partial charge in [0.05, 0.1) is 11.0 Å². The van der Waals surface area contributed by atoms with E-state index in [4.69, 9.17) is 4.74 Å². The first-order chi connectivity index (χ1) is 16.1. The Morgan fingerprint density at radius 2 is 1.79 bits per heavy atom. The lowest BCUT2D eigenvalue weighted by atomic mass is 10.1. The van der Waals surface area contributed by atoms with E-state index in [2.05, 4.69) is 10.2 Å². The van der Waals surface area contributed by atoms with Gasteiger partial charge in [-0.25, -0.2) is 8.42 Å². The first kappa shape index (κ1) is 22.6. The third-order valence-electron chi connectivity index (χ3n) is 6.12. The minimum absolute atomic E-state index is 0.224. The van der Waals surface area contributed by atoms with Crippen LogP contribution in [0, 0.1) is 0 Å². The Labute approximate surface area is 199 Å². The molecule has 33 heavy (non-hydrogen) atoms. The highest BCUT2D eigenvalue weighted by molar-refractivity contribution is 7.99. The quantitative estimate of drug-likeness (QED) is 0.463. The highest BCUT2D eigenvalue weighted by Crippen LogP contribution is 2.31. The van der Waals surface area contributed by atoms with Crippen molar-refractivity contribution in [2.24, 2.45) is 0 Å². The van der Waals surface area contributed by atoms with Gasteiger partial charge in [0.15, 0.2) is 11.0 Å². The highest BCUT2D eigenvalue weighted by Gasteiger charge is 2.28. The topological polar surface area (TPSA) is 77.3 Å². The van der Waals surface area contributed by atoms with Gasteiger partial charge in [-0.3, -0.25) is 4.57 Å². The van der Waals surface area contributed by atoms with Crippen molar-refractivity contribution in [3.63, 3.8) is 0 Å². The zero-order chi connectivity index (χ0) is 22.7. The minimum atomic E-state index is -3.51. The summed E-state index contributed by atoms with van der Waals surface area (Å²) in [7, 11) is -3.51. The lowest BCUT2D eigenvalue weighted by Crippen LogP contribution is -2.27. The number of hydrogen-bond acceptors (Lipinski definition) is 6. The van der Waals surface area contributed by atoms with Gasteiger partial charge in [0, 0.05) is 36.7 Å². The number of thioether (sulfide) groups is 1. The number of sulfonamides is 1. The van der Waals surface area contributed by atoms with Crippen LogP contribution < -0.4 is 0 Å². The third kappa shape index (κ3) is 4.87. The smallest absolute Gasteiger partial charge is 0.243 e. The van der Waals surface area contributed by atoms with Gasteiger partial charge in [-0.15, -0.1) is 10.2 Å². The summed E-state index contributed by atoms with van der Waals surface area (Å²) in [6, 6.07) is 17.0. The Bertz CT molecular complexity index is 1190. The van der Waals surface area contributed by atoms with E-state index >= 15 is 0 Å². The van der Waals surface area contributed by atoms with E-state index in [1.807, 2.05) is 41.0 Å². The Hall–Kier alpha value is -2.20. The maximum atomic E-state index is 13.1. The van der Waals surface area contributed by atoms with Crippen molar-refractivity contribution in [1.29, 1.82) is 0 Å². The number of aromatic nitrogens is 3. The minimum Gasteiger partial charge on any atom is -0.377 e. The van der Waals surface area contributed by atoms with E-state index in [9.17, 15) is 8.42 Å². The summed E-state index contributed by atoms with van der Waals surface area (Å²) in [5, 5.41) is 9.75. The fourth-order valence-electron chi connectivity index (χ4n) is 4.34. The second kappa shape index (κ2) is 9.97. The normalized spacial score (nSPS) is 19.7. The molecule has 174 valence electrons. The van der Waals surface area contributed by atoms with Crippen molar-refractivity contribution < 1.29 is 13.2 Å². The maximum absolute atomic E-state index is 13.1. The standard InChI is InChI=1S/C24H28N4O3S2/c29-33(30,27-14-5-6-15-27)22-13-8-9-19(17-22)23-25-26-24(28(23)20-10-2-1-3-11-20)32-18-21-12-4-7-16-31-21/h1-3,8-11,13,17,21H,4-7,12,14-16,18H2. The van der Waals surface area contributed by atoms with Crippen LogP contribution in [0.3, 0.4) is 0 Å². The first-order valence-corrected chi connectivity index (χ1v) is 13.9. The first-order valence-electron chi connectivity index (χ1n) is 11.5. The summed E-state index contributed by atoms with van der Waals surface area (Å²) in [5.41, 5.74) is 1.67. The predicted octanol–water partition coefficient (Wildman–Crippen LogP) is 4.38. The second-order valence-electron chi connectivity index (χ2n) is 8.42. The number of hydrogen-bond donors (Lipinski definition) is 0. The Balaban J connectivity index is 1.49. The molecule has 0 spiro atoms. The number of ether oxygens (including phenoxy) is 1. The van der Waals surface area contributed by atoms with Gasteiger partial charge >= 0.3 is 0 Å². The summed E-state index contributed by atoms with van der Waals surface area (Å²) < 4.78 is 35.7. The Kier molecular flexibility index (Phi) is 6.82. The van der Waals surface area contributed by atoms with Crippen LogP contribution in [0.5, 0.6) is 0 Å². The molecular weight excluding hydrogens is 456 g/mol. The van der Waals surface area contributed by atoms with E-state index in [-0.39, 0.29) is 6.10 Å². The van der Waals surface area contributed by atoms with Crippen molar-refractivity contribution in [2.45, 2.75) is 48.3 Å². The number of rotatable bonds is 7. The van der Waals surface area contributed by atoms with Gasteiger partial charge < -0.3 is 4.74 Å². The maximum Gasteiger partial charge on any atom is 0.243 e. The SMILES string of the molecule is O=S(=O)(c1cccc(-c2nnc(SCC3CCCCO3)n2-c2ccccc2)c1)N1CCCC1. The predicted molar refractivity (Wildman–Crippen MR) is 129 cm³/mol.